The van der Waals surface area contributed by atoms with Crippen molar-refractivity contribution in [2.45, 2.75) is 26.7 Å². The lowest BCUT2D eigenvalue weighted by Gasteiger charge is -2.19. The van der Waals surface area contributed by atoms with Crippen molar-refractivity contribution in [3.05, 3.63) is 70.1 Å². The molecule has 2 nitrogen and oxygen atoms in total. The van der Waals surface area contributed by atoms with Gasteiger partial charge in [0.25, 0.3) is 0 Å². The molecule has 0 fully saturated rings. The Morgan fingerprint density at radius 1 is 0.875 bits per heavy atom. The maximum Gasteiger partial charge on any atom is 0.200 e. The summed E-state index contributed by atoms with van der Waals surface area (Å²) >= 11 is 1.52. The summed E-state index contributed by atoms with van der Waals surface area (Å²) in [5.74, 6) is 0.833. The van der Waals surface area contributed by atoms with Crippen molar-refractivity contribution in [1.29, 1.82) is 0 Å². The zero-order valence-electron chi connectivity index (χ0n) is 14.0. The minimum atomic E-state index is -0.0248. The molecule has 0 aliphatic heterocycles. The minimum Gasteiger partial charge on any atom is -0.289 e. The third-order valence-electron chi connectivity index (χ3n) is 4.25. The first-order valence-electron chi connectivity index (χ1n) is 8.26. The quantitative estimate of drug-likeness (QED) is 0.672. The Hall–Kier alpha value is -2.13. The number of Topliss-reactive ketones (excluding diaryl/α,β-unsaturated/α-hetero) is 2. The van der Waals surface area contributed by atoms with Crippen LogP contribution in [0.2, 0.25) is 0 Å². The SMILES string of the molecule is CCCCSC1=C(C)C(=O)c2ccc(-c3ccccc3)cc2C1=O. The topological polar surface area (TPSA) is 34.1 Å². The van der Waals surface area contributed by atoms with E-state index in [1.165, 1.54) is 11.8 Å². The molecule has 0 radical (unpaired) electrons. The molecule has 2 aromatic rings. The van der Waals surface area contributed by atoms with Gasteiger partial charge in [-0.1, -0.05) is 49.7 Å². The van der Waals surface area contributed by atoms with Crippen molar-refractivity contribution >= 4 is 23.3 Å². The van der Waals surface area contributed by atoms with Crippen molar-refractivity contribution in [2.75, 3.05) is 5.75 Å². The van der Waals surface area contributed by atoms with E-state index in [0.717, 1.165) is 29.7 Å². The first kappa shape index (κ1) is 16.7. The second kappa shape index (κ2) is 7.18. The lowest BCUT2D eigenvalue weighted by Crippen LogP contribution is -2.19. The van der Waals surface area contributed by atoms with Gasteiger partial charge in [0.15, 0.2) is 5.78 Å². The monoisotopic (exact) mass is 336 g/mol. The van der Waals surface area contributed by atoms with E-state index in [1.807, 2.05) is 42.5 Å². The number of fused-ring (bicyclic) bond motifs is 1. The standard InChI is InChI=1S/C21H20O2S/c1-3-4-12-24-21-14(2)19(22)17-11-10-16(13-18(17)20(21)23)15-8-6-5-7-9-15/h5-11,13H,3-4,12H2,1-2H3. The van der Waals surface area contributed by atoms with Gasteiger partial charge in [0, 0.05) is 16.7 Å². The van der Waals surface area contributed by atoms with E-state index >= 15 is 0 Å². The third kappa shape index (κ3) is 3.09. The van der Waals surface area contributed by atoms with Crippen LogP contribution in [-0.2, 0) is 0 Å². The van der Waals surface area contributed by atoms with Crippen LogP contribution in [0.3, 0.4) is 0 Å². The van der Waals surface area contributed by atoms with Gasteiger partial charge in [-0.15, -0.1) is 11.8 Å². The molecule has 122 valence electrons. The third-order valence-corrected chi connectivity index (χ3v) is 5.52. The van der Waals surface area contributed by atoms with E-state index in [2.05, 4.69) is 6.92 Å². The highest BCUT2D eigenvalue weighted by molar-refractivity contribution is 8.04. The van der Waals surface area contributed by atoms with E-state index < -0.39 is 0 Å². The highest BCUT2D eigenvalue weighted by Gasteiger charge is 2.30. The van der Waals surface area contributed by atoms with Crippen LogP contribution in [0.15, 0.2) is 59.0 Å². The number of carbonyl (C=O) groups excluding carboxylic acids is 2. The van der Waals surface area contributed by atoms with Crippen LogP contribution >= 0.6 is 11.8 Å². The summed E-state index contributed by atoms with van der Waals surface area (Å²) in [6.45, 7) is 3.89. The summed E-state index contributed by atoms with van der Waals surface area (Å²) in [5.41, 5.74) is 3.66. The van der Waals surface area contributed by atoms with Gasteiger partial charge >= 0.3 is 0 Å². The molecule has 24 heavy (non-hydrogen) atoms. The Morgan fingerprint density at radius 3 is 2.33 bits per heavy atom. The minimum absolute atomic E-state index is 0.0130. The molecule has 0 amide bonds. The number of rotatable bonds is 5. The molecule has 1 aliphatic carbocycles. The number of benzene rings is 2. The molecule has 0 atom stereocenters. The number of ketones is 2. The van der Waals surface area contributed by atoms with Crippen LogP contribution < -0.4 is 0 Å². The van der Waals surface area contributed by atoms with Crippen LogP contribution in [0.25, 0.3) is 11.1 Å². The Bertz CT molecular complexity index is 819. The summed E-state index contributed by atoms with van der Waals surface area (Å²) in [6.07, 6.45) is 2.12. The normalized spacial score (nSPS) is 14.1. The molecule has 0 aromatic heterocycles. The molecule has 3 rings (SSSR count). The number of allylic oxidation sites excluding steroid dienone is 2. The largest absolute Gasteiger partial charge is 0.289 e. The zero-order chi connectivity index (χ0) is 17.1. The number of unbranched alkanes of at least 4 members (excludes halogenated alkanes) is 1. The fourth-order valence-corrected chi connectivity index (χ4v) is 4.02. The van der Waals surface area contributed by atoms with Crippen molar-refractivity contribution < 1.29 is 9.59 Å². The van der Waals surface area contributed by atoms with Crippen molar-refractivity contribution in [3.63, 3.8) is 0 Å². The molecule has 2 aromatic carbocycles. The summed E-state index contributed by atoms with van der Waals surface area (Å²) in [6, 6.07) is 15.5. The second-order valence-corrected chi connectivity index (χ2v) is 7.05. The molecule has 0 heterocycles. The zero-order valence-corrected chi connectivity index (χ0v) is 14.8. The number of carbonyl (C=O) groups is 2. The van der Waals surface area contributed by atoms with E-state index in [0.29, 0.717) is 21.6 Å². The Morgan fingerprint density at radius 2 is 1.62 bits per heavy atom. The lowest BCUT2D eigenvalue weighted by atomic mass is 9.87. The fraction of sp³-hybridized carbons (Fsp3) is 0.238. The molecule has 0 saturated heterocycles. The molecule has 0 spiro atoms. The van der Waals surface area contributed by atoms with Gasteiger partial charge in [0.1, 0.15) is 0 Å². The van der Waals surface area contributed by atoms with Crippen LogP contribution in [0.1, 0.15) is 47.4 Å². The summed E-state index contributed by atoms with van der Waals surface area (Å²) in [5, 5.41) is 0. The molecular formula is C21H20O2S. The van der Waals surface area contributed by atoms with E-state index in [-0.39, 0.29) is 11.6 Å². The van der Waals surface area contributed by atoms with E-state index in [9.17, 15) is 9.59 Å². The second-order valence-electron chi connectivity index (χ2n) is 5.94. The van der Waals surface area contributed by atoms with Gasteiger partial charge in [-0.05, 0) is 42.4 Å². The molecular weight excluding hydrogens is 316 g/mol. The molecule has 0 bridgehead atoms. The average molecular weight is 336 g/mol. The van der Waals surface area contributed by atoms with Crippen molar-refractivity contribution in [2.24, 2.45) is 0 Å². The number of hydrogen-bond acceptors (Lipinski definition) is 3. The van der Waals surface area contributed by atoms with Gasteiger partial charge in [-0.2, -0.15) is 0 Å². The van der Waals surface area contributed by atoms with Crippen molar-refractivity contribution in [3.8, 4) is 11.1 Å². The lowest BCUT2D eigenvalue weighted by molar-refractivity contribution is 0.0981. The molecule has 0 N–H and O–H groups in total. The van der Waals surface area contributed by atoms with Gasteiger partial charge in [-0.3, -0.25) is 9.59 Å². The fourth-order valence-electron chi connectivity index (χ4n) is 2.83. The predicted octanol–water partition coefficient (Wildman–Crippen LogP) is 5.54. The molecule has 3 heteroatoms. The maximum absolute atomic E-state index is 12.9. The molecule has 0 saturated carbocycles. The van der Waals surface area contributed by atoms with Crippen molar-refractivity contribution in [1.82, 2.24) is 0 Å². The number of hydrogen-bond donors (Lipinski definition) is 0. The average Bonchev–Trinajstić information content (AvgIpc) is 2.63. The van der Waals surface area contributed by atoms with Crippen LogP contribution in [0, 0.1) is 0 Å². The Balaban J connectivity index is 2.00. The highest BCUT2D eigenvalue weighted by atomic mass is 32.2. The summed E-state index contributed by atoms with van der Waals surface area (Å²) in [7, 11) is 0. The van der Waals surface area contributed by atoms with Crippen LogP contribution in [0.4, 0.5) is 0 Å². The van der Waals surface area contributed by atoms with Gasteiger partial charge < -0.3 is 0 Å². The summed E-state index contributed by atoms with van der Waals surface area (Å²) in [4.78, 5) is 26.2. The molecule has 0 unspecified atom stereocenters. The Labute approximate surface area is 147 Å². The van der Waals surface area contributed by atoms with Gasteiger partial charge in [0.05, 0.1) is 4.91 Å². The first-order chi connectivity index (χ1) is 11.6. The van der Waals surface area contributed by atoms with Gasteiger partial charge in [-0.25, -0.2) is 0 Å². The maximum atomic E-state index is 12.9. The summed E-state index contributed by atoms with van der Waals surface area (Å²) < 4.78 is 0. The van der Waals surface area contributed by atoms with Crippen LogP contribution in [-0.4, -0.2) is 17.3 Å². The van der Waals surface area contributed by atoms with E-state index in [4.69, 9.17) is 0 Å². The van der Waals surface area contributed by atoms with Gasteiger partial charge in [0.2, 0.25) is 5.78 Å². The predicted molar refractivity (Wildman–Crippen MR) is 101 cm³/mol. The van der Waals surface area contributed by atoms with E-state index in [1.54, 1.807) is 13.0 Å². The number of thioether (sulfide) groups is 1. The van der Waals surface area contributed by atoms with Crippen LogP contribution in [0.5, 0.6) is 0 Å². The highest BCUT2D eigenvalue weighted by Crippen LogP contribution is 2.35. The first-order valence-corrected chi connectivity index (χ1v) is 9.24. The molecule has 1 aliphatic rings. The smallest absolute Gasteiger partial charge is 0.200 e. The Kier molecular flexibility index (Phi) is 5.00.